The first-order valence-corrected chi connectivity index (χ1v) is 5.03. The zero-order valence-electron chi connectivity index (χ0n) is 8.57. The second-order valence-corrected chi connectivity index (χ2v) is 3.95. The second-order valence-electron chi connectivity index (χ2n) is 3.95. The predicted octanol–water partition coefficient (Wildman–Crippen LogP) is -0.931. The molecule has 0 radical (unpaired) electrons. The summed E-state index contributed by atoms with van der Waals surface area (Å²) < 4.78 is 0. The summed E-state index contributed by atoms with van der Waals surface area (Å²) in [6.45, 7) is 4.34. The van der Waals surface area contributed by atoms with Crippen molar-refractivity contribution in [3.8, 4) is 0 Å². The number of piperidine rings is 1. The zero-order valence-corrected chi connectivity index (χ0v) is 8.57. The number of aliphatic hydroxyl groups excluding tert-OH is 1. The first kappa shape index (κ1) is 11.4. The van der Waals surface area contributed by atoms with Gasteiger partial charge in [0.15, 0.2) is 0 Å². The molecule has 2 atom stereocenters. The lowest BCUT2D eigenvalue weighted by Gasteiger charge is -2.33. The number of nitrogens with one attached hydrogen (secondary N) is 1. The van der Waals surface area contributed by atoms with Crippen LogP contribution in [0.15, 0.2) is 0 Å². The van der Waals surface area contributed by atoms with Gasteiger partial charge in [0.25, 0.3) is 0 Å². The topological polar surface area (TPSA) is 78.6 Å². The van der Waals surface area contributed by atoms with Crippen molar-refractivity contribution < 1.29 is 9.90 Å². The number of amides is 1. The van der Waals surface area contributed by atoms with E-state index in [1.165, 1.54) is 0 Å². The normalized spacial score (nSPS) is 28.8. The van der Waals surface area contributed by atoms with Crippen LogP contribution in [-0.2, 0) is 4.79 Å². The van der Waals surface area contributed by atoms with E-state index in [1.807, 2.05) is 0 Å². The molecule has 0 aromatic heterocycles. The number of β-amino-alcohol motifs (C(OH)–C–C–N with tert-alkyl or cyclic N) is 1. The van der Waals surface area contributed by atoms with Crippen LogP contribution in [0, 0.1) is 5.92 Å². The molecule has 1 amide bonds. The Kier molecular flexibility index (Phi) is 4.31. The van der Waals surface area contributed by atoms with Crippen LogP contribution in [0.3, 0.4) is 0 Å². The van der Waals surface area contributed by atoms with Gasteiger partial charge in [-0.1, -0.05) is 6.92 Å². The average Bonchev–Trinajstić information content (AvgIpc) is 2.19. The minimum absolute atomic E-state index is 0.155. The van der Waals surface area contributed by atoms with Gasteiger partial charge < -0.3 is 10.0 Å². The van der Waals surface area contributed by atoms with Crippen molar-refractivity contribution in [3.05, 3.63) is 0 Å². The van der Waals surface area contributed by atoms with Crippen molar-refractivity contribution in [1.82, 2.24) is 10.3 Å². The van der Waals surface area contributed by atoms with Gasteiger partial charge in [-0.15, -0.1) is 0 Å². The van der Waals surface area contributed by atoms with E-state index in [9.17, 15) is 9.90 Å². The van der Waals surface area contributed by atoms with E-state index in [1.54, 1.807) is 0 Å². The fraction of sp³-hybridized carbons (Fsp3) is 0.889. The number of aliphatic hydroxyl groups is 1. The number of nitrogens with two attached hydrogens (primary N) is 1. The molecule has 0 bridgehead atoms. The molecular weight excluding hydrogens is 182 g/mol. The SMILES string of the molecule is CC1CCN(CCC(=O)NN)CC1O. The van der Waals surface area contributed by atoms with Crippen LogP contribution >= 0.6 is 0 Å². The van der Waals surface area contributed by atoms with Crippen molar-refractivity contribution in [3.63, 3.8) is 0 Å². The van der Waals surface area contributed by atoms with Gasteiger partial charge in [-0.05, 0) is 18.9 Å². The molecule has 1 aliphatic rings. The molecule has 1 rings (SSSR count). The van der Waals surface area contributed by atoms with Gasteiger partial charge in [-0.25, -0.2) is 5.84 Å². The number of carbonyl (C=O) groups is 1. The minimum atomic E-state index is -0.260. The van der Waals surface area contributed by atoms with Gasteiger partial charge in [-0.3, -0.25) is 10.2 Å². The summed E-state index contributed by atoms with van der Waals surface area (Å²) in [7, 11) is 0. The number of likely N-dealkylation sites (tertiary alicyclic amines) is 1. The maximum absolute atomic E-state index is 10.9. The van der Waals surface area contributed by atoms with E-state index in [2.05, 4.69) is 17.2 Å². The van der Waals surface area contributed by atoms with Crippen molar-refractivity contribution in [2.75, 3.05) is 19.6 Å². The van der Waals surface area contributed by atoms with E-state index in [0.717, 1.165) is 13.0 Å². The summed E-state index contributed by atoms with van der Waals surface area (Å²) in [5.41, 5.74) is 2.10. The molecule has 0 spiro atoms. The van der Waals surface area contributed by atoms with Crippen LogP contribution in [0.25, 0.3) is 0 Å². The summed E-state index contributed by atoms with van der Waals surface area (Å²) in [5, 5.41) is 9.60. The third kappa shape index (κ3) is 3.25. The molecule has 5 nitrogen and oxygen atoms in total. The molecule has 4 N–H and O–H groups in total. The number of rotatable bonds is 3. The molecule has 14 heavy (non-hydrogen) atoms. The van der Waals surface area contributed by atoms with Crippen molar-refractivity contribution in [2.45, 2.75) is 25.9 Å². The van der Waals surface area contributed by atoms with Crippen LogP contribution in [0.1, 0.15) is 19.8 Å². The monoisotopic (exact) mass is 201 g/mol. The highest BCUT2D eigenvalue weighted by molar-refractivity contribution is 5.75. The molecule has 0 saturated carbocycles. The van der Waals surface area contributed by atoms with E-state index in [4.69, 9.17) is 5.84 Å². The Balaban J connectivity index is 2.23. The van der Waals surface area contributed by atoms with Gasteiger partial charge in [0.2, 0.25) is 5.91 Å². The number of carbonyl (C=O) groups excluding carboxylic acids is 1. The average molecular weight is 201 g/mol. The van der Waals surface area contributed by atoms with E-state index >= 15 is 0 Å². The van der Waals surface area contributed by atoms with E-state index in [0.29, 0.717) is 25.4 Å². The Hall–Kier alpha value is -0.650. The highest BCUT2D eigenvalue weighted by Gasteiger charge is 2.23. The largest absolute Gasteiger partial charge is 0.392 e. The molecule has 1 saturated heterocycles. The Morgan fingerprint density at radius 2 is 2.43 bits per heavy atom. The molecule has 0 aromatic carbocycles. The van der Waals surface area contributed by atoms with E-state index in [-0.39, 0.29) is 12.0 Å². The number of hydrogen-bond acceptors (Lipinski definition) is 4. The summed E-state index contributed by atoms with van der Waals surface area (Å²) in [5.74, 6) is 5.19. The number of hydrogen-bond donors (Lipinski definition) is 3. The van der Waals surface area contributed by atoms with Crippen LogP contribution in [0.5, 0.6) is 0 Å². The summed E-state index contributed by atoms with van der Waals surface area (Å²) >= 11 is 0. The van der Waals surface area contributed by atoms with Crippen LogP contribution < -0.4 is 11.3 Å². The van der Waals surface area contributed by atoms with Gasteiger partial charge >= 0.3 is 0 Å². The number of hydrazine groups is 1. The summed E-state index contributed by atoms with van der Waals surface area (Å²) in [4.78, 5) is 13.0. The maximum Gasteiger partial charge on any atom is 0.235 e. The Labute approximate surface area is 84.2 Å². The van der Waals surface area contributed by atoms with Gasteiger partial charge in [0, 0.05) is 19.5 Å². The number of nitrogens with zero attached hydrogens (tertiary/aromatic N) is 1. The third-order valence-corrected chi connectivity index (χ3v) is 2.82. The van der Waals surface area contributed by atoms with Crippen LogP contribution in [-0.4, -0.2) is 41.7 Å². The highest BCUT2D eigenvalue weighted by atomic mass is 16.3. The predicted molar refractivity (Wildman–Crippen MR) is 53.2 cm³/mol. The Morgan fingerprint density at radius 3 is 3.00 bits per heavy atom. The third-order valence-electron chi connectivity index (χ3n) is 2.82. The molecule has 82 valence electrons. The van der Waals surface area contributed by atoms with Crippen LogP contribution in [0.4, 0.5) is 0 Å². The molecule has 0 aromatic rings. The van der Waals surface area contributed by atoms with E-state index < -0.39 is 0 Å². The Morgan fingerprint density at radius 1 is 1.71 bits per heavy atom. The first-order chi connectivity index (χ1) is 6.63. The highest BCUT2D eigenvalue weighted by Crippen LogP contribution is 2.16. The fourth-order valence-electron chi connectivity index (χ4n) is 1.65. The lowest BCUT2D eigenvalue weighted by Crippen LogP contribution is -2.44. The summed E-state index contributed by atoms with van der Waals surface area (Å²) in [6.07, 6.45) is 1.13. The molecule has 0 aliphatic carbocycles. The smallest absolute Gasteiger partial charge is 0.235 e. The standard InChI is InChI=1S/C9H19N3O2/c1-7-2-4-12(6-8(7)13)5-3-9(14)11-10/h7-8,13H,2-6,10H2,1H3,(H,11,14). The molecule has 2 unspecified atom stereocenters. The first-order valence-electron chi connectivity index (χ1n) is 5.03. The molecule has 1 aliphatic heterocycles. The van der Waals surface area contributed by atoms with Crippen molar-refractivity contribution in [1.29, 1.82) is 0 Å². The molecule has 1 fully saturated rings. The maximum atomic E-state index is 10.9. The Bertz CT molecular complexity index is 198. The molecule has 5 heteroatoms. The molecule has 1 heterocycles. The quantitative estimate of drug-likeness (QED) is 0.313. The zero-order chi connectivity index (χ0) is 10.6. The van der Waals surface area contributed by atoms with Crippen LogP contribution in [0.2, 0.25) is 0 Å². The van der Waals surface area contributed by atoms with Gasteiger partial charge in [0.1, 0.15) is 0 Å². The minimum Gasteiger partial charge on any atom is -0.392 e. The lowest BCUT2D eigenvalue weighted by atomic mass is 9.96. The van der Waals surface area contributed by atoms with Crippen molar-refractivity contribution in [2.24, 2.45) is 11.8 Å². The second kappa shape index (κ2) is 5.29. The van der Waals surface area contributed by atoms with Gasteiger partial charge in [-0.2, -0.15) is 0 Å². The fourth-order valence-corrected chi connectivity index (χ4v) is 1.65. The lowest BCUT2D eigenvalue weighted by molar-refractivity contribution is -0.121. The molecular formula is C9H19N3O2. The van der Waals surface area contributed by atoms with Gasteiger partial charge in [0.05, 0.1) is 6.10 Å². The summed E-state index contributed by atoms with van der Waals surface area (Å²) in [6, 6.07) is 0. The van der Waals surface area contributed by atoms with Crippen molar-refractivity contribution >= 4 is 5.91 Å².